The van der Waals surface area contributed by atoms with E-state index in [1.807, 2.05) is 35.5 Å². The van der Waals surface area contributed by atoms with Crippen molar-refractivity contribution in [2.24, 2.45) is 0 Å². The van der Waals surface area contributed by atoms with Crippen LogP contribution in [0.15, 0.2) is 104 Å². The minimum absolute atomic E-state index is 0.0230. The average molecular weight is 1660 g/mol. The summed E-state index contributed by atoms with van der Waals surface area (Å²) in [4.78, 5) is 39.5. The first-order valence-electron chi connectivity index (χ1n) is 36.5. The molecule has 34 nitrogen and oxygen atoms in total. The highest BCUT2D eigenvalue weighted by molar-refractivity contribution is 7.91. The quantitative estimate of drug-likeness (QED) is 0.0209. The minimum atomic E-state index is -5.35. The Hall–Kier alpha value is -6.26. The van der Waals surface area contributed by atoms with Crippen LogP contribution in [0.2, 0.25) is 0 Å². The first kappa shape index (κ1) is 92.9. The molecule has 2 atom stereocenters. The van der Waals surface area contributed by atoms with E-state index in [0.717, 1.165) is 18.4 Å². The van der Waals surface area contributed by atoms with E-state index in [2.05, 4.69) is 0 Å². The largest absolute Gasteiger partial charge is 0.744 e. The Morgan fingerprint density at radius 1 is 0.482 bits per heavy atom. The summed E-state index contributed by atoms with van der Waals surface area (Å²) in [7, 11) is -15.2. The zero-order valence-corrected chi connectivity index (χ0v) is 67.4. The van der Waals surface area contributed by atoms with Gasteiger partial charge in [-0.25, -0.2) is 30.0 Å². The molecule has 4 aromatic carbocycles. The molecule has 3 heterocycles. The fourth-order valence-electron chi connectivity index (χ4n) is 12.8. The lowest BCUT2D eigenvalue weighted by Crippen LogP contribution is -2.33. The molecule has 2 unspecified atom stereocenters. The standard InChI is InChI=1S/C74H105N3O31S4/c1-73(19-24-96-35-40-104-47-44-100-31-28-92-3)66(75(62-14-12-58-60(71(62)73)52-56(110(83,84)85)54-64(58)109(6,81)82)21-26-98-38-43-107-51-50-103-39-34-95-23-18-70(80)108-77-68(78)16-17-69(77)79)10-8-7-9-11-67-74(2,20-25-97-36-41-105-48-45-101-32-29-93-4)72-61-53-57(111(86,87)88)55-65(112(89,90)91)59(61)13-15-63(72)76(67)22-27-99-37-42-106-49-46-102-33-30-94-5/h7-15,52-55H,16-51H2,1-6H3,(H2-,83,84,85,86,87,88,89,90,91)/p-1. The van der Waals surface area contributed by atoms with Crippen molar-refractivity contribution >= 4 is 96.6 Å². The Morgan fingerprint density at radius 3 is 1.34 bits per heavy atom. The molecule has 1 N–H and O–H groups in total. The predicted molar refractivity (Wildman–Crippen MR) is 402 cm³/mol. The highest BCUT2D eigenvalue weighted by Gasteiger charge is 2.50. The van der Waals surface area contributed by atoms with Crippen LogP contribution in [0.3, 0.4) is 0 Å². The van der Waals surface area contributed by atoms with Crippen molar-refractivity contribution < 1.29 is 147 Å². The number of hydrogen-bond acceptors (Lipinski definition) is 31. The first-order valence-corrected chi connectivity index (χ1v) is 42.6. The lowest BCUT2D eigenvalue weighted by atomic mass is 9.75. The molecule has 4 aromatic rings. The normalized spacial score (nSPS) is 17.4. The number of fused-ring (bicyclic) bond motifs is 6. The first-order chi connectivity index (χ1) is 53.6. The van der Waals surface area contributed by atoms with Crippen LogP contribution in [0.1, 0.15) is 57.1 Å². The van der Waals surface area contributed by atoms with Crippen LogP contribution in [-0.4, -0.2) is 313 Å². The molecule has 0 aliphatic carbocycles. The lowest BCUT2D eigenvalue weighted by molar-refractivity contribution is -0.442. The highest BCUT2D eigenvalue weighted by Crippen LogP contribution is 2.54. The molecular weight excluding hydrogens is 1560 g/mol. The van der Waals surface area contributed by atoms with Gasteiger partial charge in [-0.1, -0.05) is 24.3 Å². The van der Waals surface area contributed by atoms with Crippen LogP contribution in [0.4, 0.5) is 11.4 Å². The number of nitrogens with zero attached hydrogens (tertiary/aromatic N) is 3. The van der Waals surface area contributed by atoms with Crippen LogP contribution in [0.5, 0.6) is 0 Å². The molecule has 112 heavy (non-hydrogen) atoms. The molecule has 0 aromatic heterocycles. The predicted octanol–water partition coefficient (Wildman–Crippen LogP) is 4.51. The third kappa shape index (κ3) is 27.7. The van der Waals surface area contributed by atoms with E-state index in [1.165, 1.54) is 12.1 Å². The fraction of sp³-hybridized carbons (Fsp3) is 0.595. The number of ether oxygens (including phenoxy) is 16. The summed E-state index contributed by atoms with van der Waals surface area (Å²) in [5.41, 5.74) is 0.714. The Kier molecular flexibility index (Phi) is 38.6. The number of methoxy groups -OCH3 is 3. The Labute approximate surface area is 654 Å². The van der Waals surface area contributed by atoms with Gasteiger partial charge in [-0.2, -0.15) is 13.0 Å². The highest BCUT2D eigenvalue weighted by atomic mass is 32.2. The van der Waals surface area contributed by atoms with Crippen molar-refractivity contribution in [3.63, 3.8) is 0 Å². The van der Waals surface area contributed by atoms with Gasteiger partial charge in [0.25, 0.3) is 21.9 Å². The van der Waals surface area contributed by atoms with Crippen molar-refractivity contribution in [1.82, 2.24) is 5.06 Å². The molecule has 7 rings (SSSR count). The van der Waals surface area contributed by atoms with Gasteiger partial charge in [0, 0.05) is 105 Å². The summed E-state index contributed by atoms with van der Waals surface area (Å²) in [6.45, 7) is 10.6. The number of anilines is 1. The van der Waals surface area contributed by atoms with Gasteiger partial charge in [0.1, 0.15) is 31.7 Å². The van der Waals surface area contributed by atoms with E-state index in [1.54, 1.807) is 57.8 Å². The van der Waals surface area contributed by atoms with Crippen molar-refractivity contribution in [1.29, 1.82) is 0 Å². The van der Waals surface area contributed by atoms with Gasteiger partial charge in [0.2, 0.25) is 5.69 Å². The van der Waals surface area contributed by atoms with Gasteiger partial charge in [-0.15, -0.1) is 5.06 Å². The number of rotatable bonds is 59. The van der Waals surface area contributed by atoms with Crippen molar-refractivity contribution in [3.05, 3.63) is 95.7 Å². The molecule has 0 saturated carbocycles. The number of benzene rings is 4. The maximum atomic E-state index is 13.6. The second-order valence-corrected chi connectivity index (χ2v) is 32.1. The Balaban J connectivity index is 1.23. The monoisotopic (exact) mass is 1660 g/mol. The van der Waals surface area contributed by atoms with Gasteiger partial charge < -0.3 is 94.6 Å². The summed E-state index contributed by atoms with van der Waals surface area (Å²) in [6, 6.07) is 10.2. The van der Waals surface area contributed by atoms with Gasteiger partial charge >= 0.3 is 5.97 Å². The van der Waals surface area contributed by atoms with Crippen LogP contribution < -0.4 is 4.90 Å². The maximum absolute atomic E-state index is 13.6. The fourth-order valence-corrected chi connectivity index (χ4v) is 15.6. The third-order valence-corrected chi connectivity index (χ3v) is 21.8. The number of amides is 2. The zero-order valence-electron chi connectivity index (χ0n) is 64.1. The molecular formula is C74H104N3O31S4-. The van der Waals surface area contributed by atoms with E-state index < -0.39 is 83.5 Å². The van der Waals surface area contributed by atoms with Crippen molar-refractivity contribution in [3.8, 4) is 0 Å². The van der Waals surface area contributed by atoms with Crippen molar-refractivity contribution in [2.75, 3.05) is 237 Å². The van der Waals surface area contributed by atoms with Crippen LogP contribution in [-0.2, 0) is 146 Å². The van der Waals surface area contributed by atoms with Crippen LogP contribution >= 0.6 is 0 Å². The topological polar surface area (TPSA) is 421 Å². The average Bonchev–Trinajstić information content (AvgIpc) is 1.55. The number of carbonyl (C=O) groups excluding carboxylic acids is 3. The number of allylic oxidation sites excluding steroid dienone is 6. The van der Waals surface area contributed by atoms with Gasteiger partial charge in [0.05, 0.1) is 198 Å². The summed E-state index contributed by atoms with van der Waals surface area (Å²) in [5.74, 6) is -1.96. The van der Waals surface area contributed by atoms with E-state index in [9.17, 15) is 61.7 Å². The minimum Gasteiger partial charge on any atom is -0.744 e. The molecule has 0 bridgehead atoms. The zero-order chi connectivity index (χ0) is 81.2. The van der Waals surface area contributed by atoms with E-state index in [4.69, 9.17) is 80.6 Å². The molecule has 2 amide bonds. The third-order valence-electron chi connectivity index (χ3n) is 18.2. The molecule has 3 aliphatic heterocycles. The number of carbonyl (C=O) groups is 3. The van der Waals surface area contributed by atoms with Crippen LogP contribution in [0.25, 0.3) is 21.5 Å². The van der Waals surface area contributed by atoms with Gasteiger partial charge in [-0.3, -0.25) is 14.1 Å². The molecule has 1 saturated heterocycles. The smallest absolute Gasteiger partial charge is 0.335 e. The van der Waals surface area contributed by atoms with Crippen molar-refractivity contribution in [2.45, 2.75) is 76.4 Å². The van der Waals surface area contributed by atoms with E-state index in [0.29, 0.717) is 111 Å². The summed E-state index contributed by atoms with van der Waals surface area (Å²) < 4.78 is 234. The van der Waals surface area contributed by atoms with E-state index in [-0.39, 0.29) is 197 Å². The van der Waals surface area contributed by atoms with Gasteiger partial charge in [0.15, 0.2) is 22.1 Å². The molecule has 626 valence electrons. The molecule has 3 aliphatic rings. The summed E-state index contributed by atoms with van der Waals surface area (Å²) in [6.07, 6.45) is 9.94. The number of hydroxylamine groups is 2. The number of imide groups is 1. The SMILES string of the molecule is COCCOCCOCCOCC[N+]1=C(/C=C/C=C/C=C2/N(CCOCCOCCOCCOCCC(=O)ON3C(=O)CCC3=O)c3ccc4c(S(C)(=O)=O)cc(S(=O)(=O)[O-])cc4c3C2(C)CCOCCOCCOCCOC)C(C)(CCOCCOCCOCCOC)c2c1ccc1c(S(=O)(=O)O)cc(S(=O)(=O)[O-])cc21. The van der Waals surface area contributed by atoms with Crippen LogP contribution in [0, 0.1) is 0 Å². The number of sulfone groups is 1. The molecule has 1 fully saturated rings. The van der Waals surface area contributed by atoms with Gasteiger partial charge in [-0.05, 0) is 85.5 Å². The Bertz CT molecular complexity index is 4330. The second kappa shape index (κ2) is 46.5. The Morgan fingerprint density at radius 2 is 0.884 bits per heavy atom. The maximum Gasteiger partial charge on any atom is 0.335 e. The molecule has 38 heteroatoms. The number of hydrogen-bond donors (Lipinski definition) is 1. The summed E-state index contributed by atoms with van der Waals surface area (Å²) >= 11 is 0. The molecule has 0 spiro atoms. The van der Waals surface area contributed by atoms with E-state index >= 15 is 0 Å². The lowest BCUT2D eigenvalue weighted by Gasteiger charge is -2.31. The molecule has 0 radical (unpaired) electrons. The summed E-state index contributed by atoms with van der Waals surface area (Å²) in [5, 5.41) is 0.790. The second-order valence-electron chi connectivity index (χ2n) is 26.0.